The van der Waals surface area contributed by atoms with Crippen molar-refractivity contribution in [2.75, 3.05) is 0 Å². The van der Waals surface area contributed by atoms with Crippen molar-refractivity contribution in [3.8, 4) is 0 Å². The Hall–Kier alpha value is 1.32. The standard InChI is InChI=1S/2Al.H4O7P2/c;;1-8(2,3)7-9(4,5)6/h;;(H2,1,2,3)(H2,4,5,6)/q2*+3;. The topological polar surface area (TPSA) is 124 Å². The van der Waals surface area contributed by atoms with Gasteiger partial charge in [0, 0.05) is 0 Å². The Labute approximate surface area is 83.5 Å². The van der Waals surface area contributed by atoms with Crippen LogP contribution < -0.4 is 0 Å². The van der Waals surface area contributed by atoms with Crippen LogP contribution in [-0.4, -0.2) is 54.3 Å². The summed E-state index contributed by atoms with van der Waals surface area (Å²) >= 11 is 0. The van der Waals surface area contributed by atoms with E-state index in [0.29, 0.717) is 0 Å². The maximum atomic E-state index is 9.63. The molecule has 4 N–H and O–H groups in total. The molecule has 0 heterocycles. The molecular formula is H4Al2O7P2+6. The predicted molar refractivity (Wildman–Crippen MR) is 36.7 cm³/mol. The second kappa shape index (κ2) is 5.88. The Morgan fingerprint density at radius 3 is 1.00 bits per heavy atom. The van der Waals surface area contributed by atoms with E-state index in [4.69, 9.17) is 19.6 Å². The fourth-order valence-electron chi connectivity index (χ4n) is 0.139. The molecule has 0 radical (unpaired) electrons. The van der Waals surface area contributed by atoms with Crippen molar-refractivity contribution < 1.29 is 33.0 Å². The second-order valence-corrected chi connectivity index (χ2v) is 3.68. The Morgan fingerprint density at radius 2 is 1.00 bits per heavy atom. The second-order valence-electron chi connectivity index (χ2n) is 1.06. The van der Waals surface area contributed by atoms with Gasteiger partial charge in [0.1, 0.15) is 0 Å². The molecule has 0 aromatic rings. The average Bonchev–Trinajstić information content (AvgIpc) is 1.14. The van der Waals surface area contributed by atoms with Crippen LogP contribution in [0.15, 0.2) is 0 Å². The van der Waals surface area contributed by atoms with Crippen molar-refractivity contribution in [1.82, 2.24) is 0 Å². The number of rotatable bonds is 2. The van der Waals surface area contributed by atoms with Crippen LogP contribution in [0.25, 0.3) is 0 Å². The largest absolute Gasteiger partial charge is 3.00 e. The summed E-state index contributed by atoms with van der Waals surface area (Å²) in [4.78, 5) is 31.0. The van der Waals surface area contributed by atoms with Gasteiger partial charge in [-0.15, -0.1) is 0 Å². The SMILES string of the molecule is O=P(O)(O)OP(=O)(O)O.[Al+3].[Al+3]. The minimum atomic E-state index is -5.05. The van der Waals surface area contributed by atoms with E-state index in [1.165, 1.54) is 0 Å². The maximum absolute atomic E-state index is 9.63. The van der Waals surface area contributed by atoms with Crippen LogP contribution >= 0.6 is 15.6 Å². The molecule has 0 rings (SSSR count). The van der Waals surface area contributed by atoms with Gasteiger partial charge in [0.2, 0.25) is 0 Å². The molecule has 0 aliphatic rings. The van der Waals surface area contributed by atoms with Crippen LogP contribution in [0.3, 0.4) is 0 Å². The van der Waals surface area contributed by atoms with Gasteiger partial charge in [-0.3, -0.25) is 0 Å². The molecule has 0 saturated carbocycles. The van der Waals surface area contributed by atoms with Crippen LogP contribution in [0.5, 0.6) is 0 Å². The van der Waals surface area contributed by atoms with Gasteiger partial charge in [-0.1, -0.05) is 0 Å². The Bertz CT molecular complexity index is 155. The van der Waals surface area contributed by atoms with Gasteiger partial charge in [-0.2, -0.15) is 4.31 Å². The summed E-state index contributed by atoms with van der Waals surface area (Å²) in [6.07, 6.45) is 0. The minimum Gasteiger partial charge on any atom is -0.302 e. The van der Waals surface area contributed by atoms with Crippen LogP contribution in [0, 0.1) is 0 Å². The number of hydrogen-bond donors (Lipinski definition) is 4. The molecule has 0 saturated heterocycles. The molecule has 0 aliphatic heterocycles. The van der Waals surface area contributed by atoms with Crippen LogP contribution in [0.1, 0.15) is 0 Å². The quantitative estimate of drug-likeness (QED) is 0.334. The van der Waals surface area contributed by atoms with Crippen molar-refractivity contribution in [3.05, 3.63) is 0 Å². The summed E-state index contributed by atoms with van der Waals surface area (Å²) in [5, 5.41) is 0. The first-order chi connectivity index (χ1) is 3.71. The van der Waals surface area contributed by atoms with E-state index in [0.717, 1.165) is 0 Å². The summed E-state index contributed by atoms with van der Waals surface area (Å²) in [6, 6.07) is 0. The summed E-state index contributed by atoms with van der Waals surface area (Å²) in [5.41, 5.74) is 0. The van der Waals surface area contributed by atoms with Crippen molar-refractivity contribution in [2.45, 2.75) is 0 Å². The van der Waals surface area contributed by atoms with Crippen molar-refractivity contribution in [2.24, 2.45) is 0 Å². The molecule has 0 bridgehead atoms. The molecule has 0 amide bonds. The molecule has 56 valence electrons. The van der Waals surface area contributed by atoms with Crippen LogP contribution in [0.2, 0.25) is 0 Å². The van der Waals surface area contributed by atoms with Crippen molar-refractivity contribution in [1.29, 1.82) is 0 Å². The Balaban J connectivity index is -0.000000320. The summed E-state index contributed by atoms with van der Waals surface area (Å²) < 4.78 is 22.2. The Morgan fingerprint density at radius 1 is 0.818 bits per heavy atom. The van der Waals surface area contributed by atoms with E-state index in [1.54, 1.807) is 0 Å². The zero-order valence-corrected chi connectivity index (χ0v) is 9.16. The zero-order chi connectivity index (χ0) is 7.71. The Kier molecular flexibility index (Phi) is 9.72. The third-order valence-corrected chi connectivity index (χ3v) is 1.91. The molecule has 0 spiro atoms. The van der Waals surface area contributed by atoms with Crippen molar-refractivity contribution in [3.63, 3.8) is 0 Å². The van der Waals surface area contributed by atoms with Gasteiger partial charge in [-0.05, 0) is 0 Å². The maximum Gasteiger partial charge on any atom is 3.00 e. The van der Waals surface area contributed by atoms with E-state index in [-0.39, 0.29) is 34.7 Å². The molecule has 7 nitrogen and oxygen atoms in total. The number of hydrogen-bond acceptors (Lipinski definition) is 3. The molecule has 0 fully saturated rings. The van der Waals surface area contributed by atoms with Crippen LogP contribution in [0.4, 0.5) is 0 Å². The third kappa shape index (κ3) is 18.4. The smallest absolute Gasteiger partial charge is 0.302 e. The van der Waals surface area contributed by atoms with Gasteiger partial charge in [0.15, 0.2) is 0 Å². The fraction of sp³-hybridized carbons (Fsp3) is 0. The average molecular weight is 232 g/mol. The van der Waals surface area contributed by atoms with E-state index < -0.39 is 15.6 Å². The molecular weight excluding hydrogens is 228 g/mol. The molecule has 11 heteroatoms. The first-order valence-corrected chi connectivity index (χ1v) is 4.59. The van der Waals surface area contributed by atoms with Gasteiger partial charge in [0.25, 0.3) is 0 Å². The van der Waals surface area contributed by atoms with Crippen LogP contribution in [-0.2, 0) is 13.4 Å². The van der Waals surface area contributed by atoms with E-state index in [1.807, 2.05) is 0 Å². The number of phosphoric acid groups is 2. The first kappa shape index (κ1) is 18.2. The van der Waals surface area contributed by atoms with Gasteiger partial charge < -0.3 is 19.6 Å². The monoisotopic (exact) mass is 232 g/mol. The predicted octanol–water partition coefficient (Wildman–Crippen LogP) is -1.57. The van der Waals surface area contributed by atoms with E-state index >= 15 is 0 Å². The summed E-state index contributed by atoms with van der Waals surface area (Å²) in [7, 11) is -10.1. The minimum absolute atomic E-state index is 0. The van der Waals surface area contributed by atoms with Gasteiger partial charge in [0.05, 0.1) is 0 Å². The first-order valence-electron chi connectivity index (χ1n) is 1.53. The van der Waals surface area contributed by atoms with Gasteiger partial charge in [-0.25, -0.2) is 9.13 Å². The van der Waals surface area contributed by atoms with E-state index in [2.05, 4.69) is 4.31 Å². The third-order valence-electron chi connectivity index (χ3n) is 0.213. The van der Waals surface area contributed by atoms with Gasteiger partial charge >= 0.3 is 50.4 Å². The molecule has 0 unspecified atom stereocenters. The normalized spacial score (nSPS) is 11.3. The molecule has 0 atom stereocenters. The summed E-state index contributed by atoms with van der Waals surface area (Å²) in [6.45, 7) is 0. The molecule has 11 heavy (non-hydrogen) atoms. The fourth-order valence-corrected chi connectivity index (χ4v) is 1.25. The van der Waals surface area contributed by atoms with Crippen molar-refractivity contribution >= 4 is 50.4 Å². The molecule has 0 aliphatic carbocycles. The molecule has 0 aromatic carbocycles. The summed E-state index contributed by atoms with van der Waals surface area (Å²) in [5.74, 6) is 0. The molecule has 0 aromatic heterocycles. The van der Waals surface area contributed by atoms with E-state index in [9.17, 15) is 9.13 Å². The zero-order valence-electron chi connectivity index (χ0n) is 5.06.